The predicted molar refractivity (Wildman–Crippen MR) is 74.1 cm³/mol. The number of aromatic nitrogens is 2. The van der Waals surface area contributed by atoms with E-state index in [9.17, 15) is 9.59 Å². The normalized spacial score (nSPS) is 22.2. The lowest BCUT2D eigenvalue weighted by Gasteiger charge is -2.13. The van der Waals surface area contributed by atoms with Crippen molar-refractivity contribution in [1.29, 1.82) is 0 Å². The van der Waals surface area contributed by atoms with E-state index in [0.29, 0.717) is 24.8 Å². The van der Waals surface area contributed by atoms with Crippen molar-refractivity contribution in [3.63, 3.8) is 0 Å². The number of nitrogens with one attached hydrogen (secondary N) is 1. The van der Waals surface area contributed by atoms with Crippen molar-refractivity contribution in [2.45, 2.75) is 31.6 Å². The standard InChI is InChI=1S/C12H14N4O3S/c13-15-10(17)9-2-1-7(19-9)5-16-6-14-11-8(12(16)18)3-4-20-11/h3-4,6-7,9H,1-2,5,13H2,(H,15,17). The summed E-state index contributed by atoms with van der Waals surface area (Å²) in [7, 11) is 0. The molecule has 3 heterocycles. The molecular formula is C12H14N4O3S. The van der Waals surface area contributed by atoms with Crippen molar-refractivity contribution in [2.24, 2.45) is 5.84 Å². The molecule has 3 N–H and O–H groups in total. The first-order valence-electron chi connectivity index (χ1n) is 6.27. The van der Waals surface area contributed by atoms with Crippen LogP contribution in [0.3, 0.4) is 0 Å². The number of carbonyl (C=O) groups excluding carboxylic acids is 1. The molecule has 0 spiro atoms. The third-order valence-corrected chi connectivity index (χ3v) is 4.21. The van der Waals surface area contributed by atoms with Gasteiger partial charge < -0.3 is 4.74 Å². The lowest BCUT2D eigenvalue weighted by atomic mass is 10.2. The Kier molecular flexibility index (Phi) is 3.51. The van der Waals surface area contributed by atoms with E-state index in [1.54, 1.807) is 6.07 Å². The molecule has 1 aliphatic heterocycles. The Balaban J connectivity index is 1.76. The average molecular weight is 294 g/mol. The van der Waals surface area contributed by atoms with Crippen molar-refractivity contribution in [2.75, 3.05) is 0 Å². The number of carbonyl (C=O) groups is 1. The van der Waals surface area contributed by atoms with Gasteiger partial charge in [0.1, 0.15) is 10.9 Å². The minimum absolute atomic E-state index is 0.0772. The highest BCUT2D eigenvalue weighted by Crippen LogP contribution is 2.21. The highest BCUT2D eigenvalue weighted by Gasteiger charge is 2.30. The van der Waals surface area contributed by atoms with E-state index in [-0.39, 0.29) is 17.6 Å². The van der Waals surface area contributed by atoms with Crippen LogP contribution >= 0.6 is 11.3 Å². The molecule has 0 radical (unpaired) electrons. The molecule has 1 fully saturated rings. The smallest absolute Gasteiger partial charge is 0.263 e. The fourth-order valence-corrected chi connectivity index (χ4v) is 3.09. The zero-order valence-corrected chi connectivity index (χ0v) is 11.4. The Morgan fingerprint density at radius 3 is 3.25 bits per heavy atom. The van der Waals surface area contributed by atoms with Gasteiger partial charge in [-0.05, 0) is 24.3 Å². The molecule has 7 nitrogen and oxygen atoms in total. The van der Waals surface area contributed by atoms with Gasteiger partial charge in [-0.15, -0.1) is 11.3 Å². The first-order valence-corrected chi connectivity index (χ1v) is 7.15. The number of fused-ring (bicyclic) bond motifs is 1. The fourth-order valence-electron chi connectivity index (χ4n) is 2.37. The molecule has 0 aromatic carbocycles. The SMILES string of the molecule is NNC(=O)C1CCC(Cn2cnc3sccc3c2=O)O1. The minimum atomic E-state index is -0.529. The fraction of sp³-hybridized carbons (Fsp3) is 0.417. The van der Waals surface area contributed by atoms with Crippen molar-refractivity contribution in [3.05, 3.63) is 28.1 Å². The number of thiophene rings is 1. The second kappa shape index (κ2) is 5.31. The number of hydrogen-bond donors (Lipinski definition) is 2. The third kappa shape index (κ3) is 2.33. The number of ether oxygens (including phenoxy) is 1. The summed E-state index contributed by atoms with van der Waals surface area (Å²) >= 11 is 1.44. The van der Waals surface area contributed by atoms with Gasteiger partial charge in [0.15, 0.2) is 0 Å². The van der Waals surface area contributed by atoms with Crippen LogP contribution in [0.4, 0.5) is 0 Å². The van der Waals surface area contributed by atoms with Crippen LogP contribution in [-0.4, -0.2) is 27.7 Å². The Morgan fingerprint density at radius 1 is 1.60 bits per heavy atom. The summed E-state index contributed by atoms with van der Waals surface area (Å²) in [5.41, 5.74) is 2.00. The topological polar surface area (TPSA) is 99.2 Å². The van der Waals surface area contributed by atoms with E-state index >= 15 is 0 Å². The zero-order chi connectivity index (χ0) is 14.1. The van der Waals surface area contributed by atoms with Crippen LogP contribution in [0.5, 0.6) is 0 Å². The molecule has 2 atom stereocenters. The van der Waals surface area contributed by atoms with Gasteiger partial charge in [0.05, 0.1) is 24.4 Å². The van der Waals surface area contributed by atoms with Gasteiger partial charge in [-0.3, -0.25) is 19.6 Å². The van der Waals surface area contributed by atoms with Gasteiger partial charge in [-0.2, -0.15) is 0 Å². The van der Waals surface area contributed by atoms with Crippen LogP contribution < -0.4 is 16.8 Å². The van der Waals surface area contributed by atoms with Crippen LogP contribution in [0, 0.1) is 0 Å². The second-order valence-corrected chi connectivity index (χ2v) is 5.57. The summed E-state index contributed by atoms with van der Waals surface area (Å²) in [6.07, 6.45) is 2.15. The molecule has 1 amide bonds. The van der Waals surface area contributed by atoms with Crippen LogP contribution in [-0.2, 0) is 16.1 Å². The third-order valence-electron chi connectivity index (χ3n) is 3.39. The summed E-state index contributed by atoms with van der Waals surface area (Å²) in [5, 5.41) is 2.46. The molecule has 1 aliphatic rings. The van der Waals surface area contributed by atoms with Gasteiger partial charge in [0.2, 0.25) is 0 Å². The molecule has 0 aliphatic carbocycles. The molecule has 2 aromatic heterocycles. The van der Waals surface area contributed by atoms with E-state index in [1.165, 1.54) is 22.2 Å². The van der Waals surface area contributed by atoms with Crippen LogP contribution in [0.15, 0.2) is 22.6 Å². The number of nitrogens with two attached hydrogens (primary N) is 1. The second-order valence-electron chi connectivity index (χ2n) is 4.67. The zero-order valence-electron chi connectivity index (χ0n) is 10.6. The maximum atomic E-state index is 12.2. The average Bonchev–Trinajstić information content (AvgIpc) is 3.10. The Bertz CT molecular complexity index is 695. The predicted octanol–water partition coefficient (Wildman–Crippen LogP) is -0.00450. The molecule has 0 saturated carbocycles. The molecule has 1 saturated heterocycles. The minimum Gasteiger partial charge on any atom is -0.363 e. The monoisotopic (exact) mass is 294 g/mol. The molecule has 0 bridgehead atoms. The van der Waals surface area contributed by atoms with Crippen molar-refractivity contribution < 1.29 is 9.53 Å². The number of rotatable bonds is 3. The highest BCUT2D eigenvalue weighted by atomic mass is 32.1. The summed E-state index contributed by atoms with van der Waals surface area (Å²) in [4.78, 5) is 28.6. The van der Waals surface area contributed by atoms with E-state index in [4.69, 9.17) is 10.6 Å². The number of nitrogens with zero attached hydrogens (tertiary/aromatic N) is 2. The van der Waals surface area contributed by atoms with Crippen molar-refractivity contribution >= 4 is 27.5 Å². The molecule has 8 heteroatoms. The molecule has 2 unspecified atom stereocenters. The van der Waals surface area contributed by atoms with Gasteiger partial charge in [-0.1, -0.05) is 0 Å². The van der Waals surface area contributed by atoms with E-state index in [2.05, 4.69) is 10.4 Å². The summed E-state index contributed by atoms with van der Waals surface area (Å²) in [5.74, 6) is 4.75. The number of amides is 1. The van der Waals surface area contributed by atoms with Gasteiger partial charge in [0.25, 0.3) is 11.5 Å². The van der Waals surface area contributed by atoms with Crippen LogP contribution in [0.25, 0.3) is 10.2 Å². The Hall–Kier alpha value is -1.77. The largest absolute Gasteiger partial charge is 0.363 e. The molecular weight excluding hydrogens is 280 g/mol. The molecule has 3 rings (SSSR count). The van der Waals surface area contributed by atoms with E-state index in [0.717, 1.165) is 4.83 Å². The van der Waals surface area contributed by atoms with E-state index < -0.39 is 6.10 Å². The quantitative estimate of drug-likeness (QED) is 0.471. The maximum absolute atomic E-state index is 12.2. The first kappa shape index (κ1) is 13.2. The summed E-state index contributed by atoms with van der Waals surface area (Å²) in [6, 6.07) is 1.77. The van der Waals surface area contributed by atoms with Crippen LogP contribution in [0.1, 0.15) is 12.8 Å². The highest BCUT2D eigenvalue weighted by molar-refractivity contribution is 7.16. The number of hydrogen-bond acceptors (Lipinski definition) is 6. The lowest BCUT2D eigenvalue weighted by molar-refractivity contribution is -0.132. The molecule has 2 aromatic rings. The number of hydrazine groups is 1. The van der Waals surface area contributed by atoms with Crippen molar-refractivity contribution in [1.82, 2.24) is 15.0 Å². The van der Waals surface area contributed by atoms with Crippen molar-refractivity contribution in [3.8, 4) is 0 Å². The van der Waals surface area contributed by atoms with Gasteiger partial charge in [0, 0.05) is 0 Å². The van der Waals surface area contributed by atoms with Crippen LogP contribution in [0.2, 0.25) is 0 Å². The Morgan fingerprint density at radius 2 is 2.45 bits per heavy atom. The summed E-state index contributed by atoms with van der Waals surface area (Å²) in [6.45, 7) is 0.395. The molecule has 106 valence electrons. The Labute approximate surface area is 118 Å². The molecule has 20 heavy (non-hydrogen) atoms. The summed E-state index contributed by atoms with van der Waals surface area (Å²) < 4.78 is 7.12. The van der Waals surface area contributed by atoms with Gasteiger partial charge in [-0.25, -0.2) is 10.8 Å². The van der Waals surface area contributed by atoms with Gasteiger partial charge >= 0.3 is 0 Å². The lowest BCUT2D eigenvalue weighted by Crippen LogP contribution is -2.39. The van der Waals surface area contributed by atoms with E-state index in [1.807, 2.05) is 5.38 Å². The first-order chi connectivity index (χ1) is 9.69. The maximum Gasteiger partial charge on any atom is 0.263 e.